The Kier molecular flexibility index (Phi) is 2.76. The first kappa shape index (κ1) is 11.2. The maximum Gasteiger partial charge on any atom is 0.272 e. The molecule has 0 saturated carbocycles. The van der Waals surface area contributed by atoms with E-state index in [9.17, 15) is 13.6 Å². The number of nitrogens with zero attached hydrogens (tertiary/aromatic N) is 1. The molecule has 16 heavy (non-hydrogen) atoms. The van der Waals surface area contributed by atoms with Crippen LogP contribution in [-0.2, 0) is 6.54 Å². The zero-order valence-electron chi connectivity index (χ0n) is 9.04. The van der Waals surface area contributed by atoms with Crippen LogP contribution in [-0.4, -0.2) is 29.7 Å². The maximum atomic E-state index is 12.6. The smallest absolute Gasteiger partial charge is 0.272 e. The van der Waals surface area contributed by atoms with Gasteiger partial charge in [-0.3, -0.25) is 9.69 Å². The number of rotatable bonds is 3. The minimum absolute atomic E-state index is 0.0158. The van der Waals surface area contributed by atoms with E-state index in [0.717, 1.165) is 5.56 Å². The van der Waals surface area contributed by atoms with Crippen LogP contribution in [0.3, 0.4) is 0 Å². The molecule has 0 atom stereocenters. The van der Waals surface area contributed by atoms with Crippen molar-refractivity contribution in [2.24, 2.45) is 0 Å². The molecule has 4 heteroatoms. The molecule has 0 aromatic heterocycles. The van der Waals surface area contributed by atoms with E-state index in [1.165, 1.54) is 6.92 Å². The van der Waals surface area contributed by atoms with Crippen LogP contribution in [0.1, 0.15) is 22.8 Å². The van der Waals surface area contributed by atoms with Gasteiger partial charge in [0.15, 0.2) is 5.78 Å². The third-order valence-corrected chi connectivity index (χ3v) is 2.68. The van der Waals surface area contributed by atoms with Crippen molar-refractivity contribution >= 4 is 5.78 Å². The minimum atomic E-state index is -2.51. The van der Waals surface area contributed by atoms with E-state index < -0.39 is 5.92 Å². The van der Waals surface area contributed by atoms with Crippen molar-refractivity contribution in [3.8, 4) is 0 Å². The molecule has 0 spiro atoms. The van der Waals surface area contributed by atoms with E-state index in [1.54, 1.807) is 17.0 Å². The van der Waals surface area contributed by atoms with Crippen molar-refractivity contribution in [2.45, 2.75) is 19.4 Å². The summed E-state index contributed by atoms with van der Waals surface area (Å²) >= 11 is 0. The Morgan fingerprint density at radius 3 is 2.31 bits per heavy atom. The molecule has 0 radical (unpaired) electrons. The topological polar surface area (TPSA) is 20.3 Å². The lowest BCUT2D eigenvalue weighted by Crippen LogP contribution is -2.55. The molecule has 1 aromatic rings. The van der Waals surface area contributed by atoms with Crippen molar-refractivity contribution in [3.63, 3.8) is 0 Å². The predicted octanol–water partition coefficient (Wildman–Crippen LogP) is 2.34. The highest BCUT2D eigenvalue weighted by molar-refractivity contribution is 5.93. The van der Waals surface area contributed by atoms with Crippen LogP contribution >= 0.6 is 0 Å². The van der Waals surface area contributed by atoms with Crippen molar-refractivity contribution in [3.05, 3.63) is 35.4 Å². The molecular weight excluding hydrogens is 212 g/mol. The van der Waals surface area contributed by atoms with E-state index in [4.69, 9.17) is 0 Å². The number of carbonyl (C=O) groups is 1. The van der Waals surface area contributed by atoms with Gasteiger partial charge in [-0.25, -0.2) is 8.78 Å². The summed E-state index contributed by atoms with van der Waals surface area (Å²) in [5, 5.41) is 0. The zero-order chi connectivity index (χ0) is 11.8. The molecule has 1 fully saturated rings. The summed E-state index contributed by atoms with van der Waals surface area (Å²) in [4.78, 5) is 12.7. The van der Waals surface area contributed by atoms with Gasteiger partial charge in [0.05, 0.1) is 13.1 Å². The number of halogens is 2. The quantitative estimate of drug-likeness (QED) is 0.736. The van der Waals surface area contributed by atoms with Gasteiger partial charge in [0.25, 0.3) is 5.92 Å². The molecule has 2 rings (SSSR count). The van der Waals surface area contributed by atoms with Gasteiger partial charge in [-0.15, -0.1) is 0 Å². The van der Waals surface area contributed by atoms with Crippen molar-refractivity contribution in [1.82, 2.24) is 4.90 Å². The second-order valence-electron chi connectivity index (χ2n) is 4.25. The Morgan fingerprint density at radius 1 is 1.31 bits per heavy atom. The van der Waals surface area contributed by atoms with Crippen molar-refractivity contribution in [2.75, 3.05) is 13.1 Å². The summed E-state index contributed by atoms with van der Waals surface area (Å²) in [6, 6.07) is 7.09. The number of likely N-dealkylation sites (tertiary alicyclic amines) is 1. The van der Waals surface area contributed by atoms with Gasteiger partial charge in [-0.1, -0.05) is 24.3 Å². The molecule has 86 valence electrons. The van der Waals surface area contributed by atoms with Crippen LogP contribution in [0.25, 0.3) is 0 Å². The van der Waals surface area contributed by atoms with Crippen LogP contribution in [0, 0.1) is 0 Å². The van der Waals surface area contributed by atoms with Gasteiger partial charge in [0.2, 0.25) is 0 Å². The standard InChI is InChI=1S/C12H13F2NO/c1-9(16)11-4-2-10(3-5-11)6-15-7-12(13,14)8-15/h2-5H,6-8H2,1H3. The summed E-state index contributed by atoms with van der Waals surface area (Å²) in [5.41, 5.74) is 1.61. The number of Topliss-reactive ketones (excluding diaryl/α,β-unsaturated/α-hetero) is 1. The van der Waals surface area contributed by atoms with E-state index in [1.807, 2.05) is 12.1 Å². The van der Waals surface area contributed by atoms with Gasteiger partial charge in [-0.2, -0.15) is 0 Å². The summed E-state index contributed by atoms with van der Waals surface area (Å²) in [6.45, 7) is 1.70. The molecule has 1 aromatic carbocycles. The normalized spacial score (nSPS) is 19.2. The Hall–Kier alpha value is -1.29. The van der Waals surface area contributed by atoms with Crippen LogP contribution in [0.5, 0.6) is 0 Å². The first-order chi connectivity index (χ1) is 7.46. The lowest BCUT2D eigenvalue weighted by atomic mass is 10.1. The Labute approximate surface area is 92.9 Å². The molecule has 1 aliphatic heterocycles. The SMILES string of the molecule is CC(=O)c1ccc(CN2CC(F)(F)C2)cc1. The second kappa shape index (κ2) is 3.94. The maximum absolute atomic E-state index is 12.6. The van der Waals surface area contributed by atoms with Gasteiger partial charge in [0, 0.05) is 12.1 Å². The Balaban J connectivity index is 1.94. The van der Waals surface area contributed by atoms with Crippen LogP contribution < -0.4 is 0 Å². The summed E-state index contributed by atoms with van der Waals surface area (Å²) in [7, 11) is 0. The number of alkyl halides is 2. The van der Waals surface area contributed by atoms with Crippen molar-refractivity contribution < 1.29 is 13.6 Å². The second-order valence-corrected chi connectivity index (χ2v) is 4.25. The molecule has 0 amide bonds. The zero-order valence-corrected chi connectivity index (χ0v) is 9.04. The molecule has 0 N–H and O–H groups in total. The first-order valence-corrected chi connectivity index (χ1v) is 5.16. The molecular formula is C12H13F2NO. The van der Waals surface area contributed by atoms with Gasteiger partial charge in [-0.05, 0) is 12.5 Å². The van der Waals surface area contributed by atoms with Gasteiger partial charge < -0.3 is 0 Å². The monoisotopic (exact) mass is 225 g/mol. The van der Waals surface area contributed by atoms with Crippen LogP contribution in [0.2, 0.25) is 0 Å². The molecule has 1 heterocycles. The highest BCUT2D eigenvalue weighted by atomic mass is 19.3. The first-order valence-electron chi connectivity index (χ1n) is 5.16. The third-order valence-electron chi connectivity index (χ3n) is 2.68. The van der Waals surface area contributed by atoms with Gasteiger partial charge in [0.1, 0.15) is 0 Å². The summed E-state index contributed by atoms with van der Waals surface area (Å²) in [5.74, 6) is -2.50. The Bertz CT molecular complexity index is 392. The molecule has 1 saturated heterocycles. The summed E-state index contributed by atoms with van der Waals surface area (Å²) < 4.78 is 25.1. The highest BCUT2D eigenvalue weighted by Gasteiger charge is 2.43. The molecule has 2 nitrogen and oxygen atoms in total. The van der Waals surface area contributed by atoms with Crippen LogP contribution in [0.4, 0.5) is 8.78 Å². The molecule has 0 aliphatic carbocycles. The predicted molar refractivity (Wildman–Crippen MR) is 56.7 cm³/mol. The van der Waals surface area contributed by atoms with E-state index in [-0.39, 0.29) is 18.9 Å². The highest BCUT2D eigenvalue weighted by Crippen LogP contribution is 2.27. The molecule has 0 unspecified atom stereocenters. The largest absolute Gasteiger partial charge is 0.295 e. The van der Waals surface area contributed by atoms with E-state index >= 15 is 0 Å². The number of benzene rings is 1. The number of hydrogen-bond donors (Lipinski definition) is 0. The number of hydrogen-bond acceptors (Lipinski definition) is 2. The minimum Gasteiger partial charge on any atom is -0.295 e. The fourth-order valence-corrected chi connectivity index (χ4v) is 1.82. The van der Waals surface area contributed by atoms with Crippen molar-refractivity contribution in [1.29, 1.82) is 0 Å². The fourth-order valence-electron chi connectivity index (χ4n) is 1.82. The fraction of sp³-hybridized carbons (Fsp3) is 0.417. The molecule has 1 aliphatic rings. The average Bonchev–Trinajstić information content (AvgIpc) is 2.15. The average molecular weight is 225 g/mol. The van der Waals surface area contributed by atoms with Crippen LogP contribution in [0.15, 0.2) is 24.3 Å². The van der Waals surface area contributed by atoms with Gasteiger partial charge >= 0.3 is 0 Å². The number of carbonyl (C=O) groups excluding carboxylic acids is 1. The Morgan fingerprint density at radius 2 is 1.88 bits per heavy atom. The third kappa shape index (κ3) is 2.44. The lowest BCUT2D eigenvalue weighted by molar-refractivity contribution is -0.133. The van der Waals surface area contributed by atoms with E-state index in [2.05, 4.69) is 0 Å². The number of ketones is 1. The summed E-state index contributed by atoms with van der Waals surface area (Å²) in [6.07, 6.45) is 0. The lowest BCUT2D eigenvalue weighted by Gasteiger charge is -2.38. The van der Waals surface area contributed by atoms with E-state index in [0.29, 0.717) is 12.1 Å². The molecule has 0 bridgehead atoms.